The molecular weight excluding hydrogens is 346 g/mol. The van der Waals surface area contributed by atoms with Crippen LogP contribution < -0.4 is 0 Å². The molecule has 136 valence electrons. The maximum absolute atomic E-state index is 13.0. The van der Waals surface area contributed by atoms with Gasteiger partial charge >= 0.3 is 5.97 Å². The van der Waals surface area contributed by atoms with Gasteiger partial charge < -0.3 is 14.8 Å². The molecule has 0 saturated carbocycles. The second-order valence-corrected chi connectivity index (χ2v) is 7.50. The number of carbonyl (C=O) groups is 3. The largest absolute Gasteiger partial charge is 0.507 e. The number of fused-ring (bicyclic) bond motifs is 4. The average molecular weight is 363 g/mol. The highest BCUT2D eigenvalue weighted by Crippen LogP contribution is 2.36. The lowest BCUT2D eigenvalue weighted by Gasteiger charge is -2.19. The zero-order valence-corrected chi connectivity index (χ0v) is 15.0. The fourth-order valence-corrected chi connectivity index (χ4v) is 3.29. The van der Waals surface area contributed by atoms with Crippen LogP contribution in [0.25, 0.3) is 10.9 Å². The highest BCUT2D eigenvalue weighted by molar-refractivity contribution is 6.32. The number of nitrogens with one attached hydrogen (secondary N) is 1. The van der Waals surface area contributed by atoms with Gasteiger partial charge in [0, 0.05) is 16.5 Å². The van der Waals surface area contributed by atoms with Gasteiger partial charge in [-0.2, -0.15) is 0 Å². The molecule has 6 heteroatoms. The molecule has 2 N–H and O–H groups in total. The van der Waals surface area contributed by atoms with Crippen molar-refractivity contribution in [2.45, 2.75) is 26.4 Å². The van der Waals surface area contributed by atoms with Crippen LogP contribution in [0.15, 0.2) is 36.4 Å². The minimum absolute atomic E-state index is 0.00563. The average Bonchev–Trinajstić information content (AvgIpc) is 2.97. The van der Waals surface area contributed by atoms with Gasteiger partial charge in [0.1, 0.15) is 11.4 Å². The van der Waals surface area contributed by atoms with Crippen LogP contribution in [0.2, 0.25) is 0 Å². The molecule has 0 radical (unpaired) electrons. The van der Waals surface area contributed by atoms with Crippen molar-refractivity contribution in [3.8, 4) is 5.75 Å². The van der Waals surface area contributed by atoms with Gasteiger partial charge in [0.2, 0.25) is 5.78 Å². The number of hydrogen-bond donors (Lipinski definition) is 2. The molecule has 0 spiro atoms. The molecule has 0 saturated heterocycles. The fraction of sp³-hybridized carbons (Fsp3) is 0.190. The number of phenolic OH excluding ortho intramolecular Hbond substituents is 1. The molecule has 2 aromatic carbocycles. The van der Waals surface area contributed by atoms with Crippen molar-refractivity contribution in [3.63, 3.8) is 0 Å². The van der Waals surface area contributed by atoms with Gasteiger partial charge in [-0.15, -0.1) is 0 Å². The summed E-state index contributed by atoms with van der Waals surface area (Å²) in [5.41, 5.74) is 0.669. The van der Waals surface area contributed by atoms with Crippen LogP contribution in [-0.2, 0) is 4.74 Å². The summed E-state index contributed by atoms with van der Waals surface area (Å²) >= 11 is 0. The zero-order chi connectivity index (χ0) is 19.5. The van der Waals surface area contributed by atoms with Crippen LogP contribution in [0.1, 0.15) is 63.1 Å². The molecular formula is C21H17NO5. The summed E-state index contributed by atoms with van der Waals surface area (Å²) in [6.07, 6.45) is 0. The van der Waals surface area contributed by atoms with Crippen molar-refractivity contribution in [2.24, 2.45) is 0 Å². The summed E-state index contributed by atoms with van der Waals surface area (Å²) in [4.78, 5) is 41.1. The third-order valence-corrected chi connectivity index (χ3v) is 4.40. The number of H-pyrrole nitrogens is 1. The first-order valence-corrected chi connectivity index (χ1v) is 8.48. The molecule has 27 heavy (non-hydrogen) atoms. The smallest absolute Gasteiger partial charge is 0.338 e. The van der Waals surface area contributed by atoms with E-state index in [4.69, 9.17) is 4.74 Å². The lowest BCUT2D eigenvalue weighted by Crippen LogP contribution is -2.23. The Morgan fingerprint density at radius 2 is 1.78 bits per heavy atom. The molecule has 1 aliphatic carbocycles. The molecule has 0 unspecified atom stereocenters. The molecule has 0 bridgehead atoms. The number of esters is 1. The molecule has 0 amide bonds. The second kappa shape index (κ2) is 5.54. The Hall–Kier alpha value is -3.41. The monoisotopic (exact) mass is 363 g/mol. The van der Waals surface area contributed by atoms with Crippen LogP contribution >= 0.6 is 0 Å². The quantitative estimate of drug-likeness (QED) is 0.504. The number of phenols is 1. The molecule has 0 fully saturated rings. The Labute approximate surface area is 154 Å². The van der Waals surface area contributed by atoms with Crippen LogP contribution in [0.3, 0.4) is 0 Å². The molecule has 3 aromatic rings. The molecule has 1 aliphatic rings. The maximum Gasteiger partial charge on any atom is 0.338 e. The lowest BCUT2D eigenvalue weighted by atomic mass is 9.86. The minimum atomic E-state index is -0.647. The Morgan fingerprint density at radius 1 is 1.04 bits per heavy atom. The van der Waals surface area contributed by atoms with Crippen LogP contribution in [0.4, 0.5) is 0 Å². The topological polar surface area (TPSA) is 96.5 Å². The van der Waals surface area contributed by atoms with Crippen LogP contribution in [-0.4, -0.2) is 33.2 Å². The van der Waals surface area contributed by atoms with E-state index in [-0.39, 0.29) is 33.9 Å². The van der Waals surface area contributed by atoms with Crippen molar-refractivity contribution in [3.05, 3.63) is 64.3 Å². The van der Waals surface area contributed by atoms with E-state index in [1.54, 1.807) is 39.0 Å². The van der Waals surface area contributed by atoms with Crippen LogP contribution in [0.5, 0.6) is 5.75 Å². The van der Waals surface area contributed by atoms with E-state index in [0.717, 1.165) is 0 Å². The van der Waals surface area contributed by atoms with Gasteiger partial charge in [0.25, 0.3) is 0 Å². The van der Waals surface area contributed by atoms with Crippen molar-refractivity contribution in [2.75, 3.05) is 0 Å². The molecule has 1 aromatic heterocycles. The Kier molecular flexibility index (Phi) is 3.49. The van der Waals surface area contributed by atoms with Gasteiger partial charge in [-0.3, -0.25) is 9.59 Å². The van der Waals surface area contributed by atoms with Gasteiger partial charge in [-0.1, -0.05) is 12.1 Å². The fourth-order valence-electron chi connectivity index (χ4n) is 3.29. The van der Waals surface area contributed by atoms with Crippen molar-refractivity contribution in [1.82, 2.24) is 4.98 Å². The number of aromatic nitrogens is 1. The first-order chi connectivity index (χ1) is 12.7. The predicted octanol–water partition coefficient (Wildman–Crippen LogP) is 3.60. The van der Waals surface area contributed by atoms with E-state index in [1.165, 1.54) is 18.2 Å². The number of aromatic amines is 1. The zero-order valence-electron chi connectivity index (χ0n) is 15.0. The summed E-state index contributed by atoms with van der Waals surface area (Å²) < 4.78 is 5.38. The molecule has 0 aliphatic heterocycles. The molecule has 0 atom stereocenters. The van der Waals surface area contributed by atoms with Crippen molar-refractivity contribution in [1.29, 1.82) is 0 Å². The number of rotatable bonds is 1. The highest BCUT2D eigenvalue weighted by atomic mass is 16.6. The van der Waals surface area contributed by atoms with Gasteiger partial charge in [0.05, 0.1) is 22.4 Å². The van der Waals surface area contributed by atoms with Crippen molar-refractivity contribution >= 4 is 28.4 Å². The third kappa shape index (κ3) is 2.61. The number of ketones is 2. The summed E-state index contributed by atoms with van der Waals surface area (Å²) in [7, 11) is 0. The minimum Gasteiger partial charge on any atom is -0.507 e. The van der Waals surface area contributed by atoms with Gasteiger partial charge in [0.15, 0.2) is 5.78 Å². The number of ether oxygens (including phenoxy) is 1. The first kappa shape index (κ1) is 17.0. The van der Waals surface area contributed by atoms with E-state index in [2.05, 4.69) is 4.98 Å². The summed E-state index contributed by atoms with van der Waals surface area (Å²) in [6.45, 7) is 5.31. The molecule has 6 nitrogen and oxygen atoms in total. The van der Waals surface area contributed by atoms with Crippen LogP contribution in [0, 0.1) is 0 Å². The molecule has 1 heterocycles. The number of carbonyl (C=O) groups excluding carboxylic acids is 3. The van der Waals surface area contributed by atoms with E-state index in [1.807, 2.05) is 0 Å². The predicted molar refractivity (Wildman–Crippen MR) is 98.4 cm³/mol. The van der Waals surface area contributed by atoms with Gasteiger partial charge in [-0.25, -0.2) is 4.79 Å². The van der Waals surface area contributed by atoms with E-state index < -0.39 is 17.4 Å². The summed E-state index contributed by atoms with van der Waals surface area (Å²) in [5.74, 6) is -1.56. The number of aromatic hydroxyl groups is 1. The van der Waals surface area contributed by atoms with Gasteiger partial charge in [-0.05, 0) is 45.0 Å². The molecule has 4 rings (SSSR count). The summed E-state index contributed by atoms with van der Waals surface area (Å²) in [5, 5.41) is 10.5. The third-order valence-electron chi connectivity index (χ3n) is 4.40. The Morgan fingerprint density at radius 3 is 2.48 bits per heavy atom. The van der Waals surface area contributed by atoms with E-state index in [0.29, 0.717) is 16.5 Å². The van der Waals surface area contributed by atoms with Crippen molar-refractivity contribution < 1.29 is 24.2 Å². The summed E-state index contributed by atoms with van der Waals surface area (Å²) in [6, 6.07) is 9.17. The standard InChI is InChI=1S/C21H17NO5/c1-21(2,3)27-20(26)10-7-8-13-12(9-10)16-17(22-13)19(25)15-11(18(16)24)5-4-6-14(15)23/h4-9,22-23H,1-3H3. The Bertz CT molecular complexity index is 1150. The number of benzene rings is 2. The lowest BCUT2D eigenvalue weighted by molar-refractivity contribution is 0.00695. The van der Waals surface area contributed by atoms with E-state index in [9.17, 15) is 19.5 Å². The number of hydrogen-bond acceptors (Lipinski definition) is 5. The normalized spacial score (nSPS) is 13.4. The van der Waals surface area contributed by atoms with E-state index >= 15 is 0 Å². The highest BCUT2D eigenvalue weighted by Gasteiger charge is 2.35. The SMILES string of the molecule is CC(C)(C)OC(=O)c1ccc2[nH]c3c(c2c1)C(=O)c1cccc(O)c1C3=O. The Balaban J connectivity index is 1.89. The second-order valence-electron chi connectivity index (χ2n) is 7.50. The first-order valence-electron chi connectivity index (χ1n) is 8.48. The maximum atomic E-state index is 13.0.